The Labute approximate surface area is 140 Å². The lowest BCUT2D eigenvalue weighted by molar-refractivity contribution is -0.384. The standard InChI is InChI=1S/C15H13BrN2O5/c1-9(14(19)10-3-5-11(16)6-4-10)23-15(20)13-7-12(18(21)22)8-17(13)2/h3-9H,1-2H3. The molecule has 7 nitrogen and oxygen atoms in total. The van der Waals surface area contributed by atoms with E-state index in [4.69, 9.17) is 4.74 Å². The second-order valence-corrected chi connectivity index (χ2v) is 5.79. The first-order chi connectivity index (χ1) is 10.8. The van der Waals surface area contributed by atoms with Crippen LogP contribution in [-0.4, -0.2) is 27.3 Å². The molecule has 1 aromatic carbocycles. The van der Waals surface area contributed by atoms with Crippen LogP contribution in [0.15, 0.2) is 41.0 Å². The van der Waals surface area contributed by atoms with Gasteiger partial charge in [0.2, 0.25) is 5.78 Å². The van der Waals surface area contributed by atoms with Crippen LogP contribution >= 0.6 is 15.9 Å². The Kier molecular flexibility index (Phi) is 4.95. The molecule has 1 aromatic heterocycles. The second-order valence-electron chi connectivity index (χ2n) is 4.87. The summed E-state index contributed by atoms with van der Waals surface area (Å²) in [5.74, 6) is -1.15. The number of hydrogen-bond donors (Lipinski definition) is 0. The zero-order valence-corrected chi connectivity index (χ0v) is 13.9. The van der Waals surface area contributed by atoms with Crippen LogP contribution < -0.4 is 0 Å². The van der Waals surface area contributed by atoms with Gasteiger partial charge in [0.1, 0.15) is 5.69 Å². The Hall–Kier alpha value is -2.48. The molecule has 0 aliphatic heterocycles. The van der Waals surface area contributed by atoms with Gasteiger partial charge in [-0.2, -0.15) is 0 Å². The fraction of sp³-hybridized carbons (Fsp3) is 0.200. The average molecular weight is 381 g/mol. The van der Waals surface area contributed by atoms with Gasteiger partial charge in [-0.25, -0.2) is 4.79 Å². The molecule has 120 valence electrons. The fourth-order valence-corrected chi connectivity index (χ4v) is 2.24. The number of ether oxygens (including phenoxy) is 1. The highest BCUT2D eigenvalue weighted by atomic mass is 79.9. The number of nitrogens with zero attached hydrogens (tertiary/aromatic N) is 2. The number of hydrogen-bond acceptors (Lipinski definition) is 5. The SMILES string of the molecule is CC(OC(=O)c1cc([N+](=O)[O-])cn1C)C(=O)c1ccc(Br)cc1. The molecule has 0 saturated carbocycles. The Morgan fingerprint density at radius 2 is 1.91 bits per heavy atom. The zero-order chi connectivity index (χ0) is 17.1. The van der Waals surface area contributed by atoms with Crippen molar-refractivity contribution in [2.24, 2.45) is 7.05 Å². The summed E-state index contributed by atoms with van der Waals surface area (Å²) in [6.45, 7) is 1.46. The van der Waals surface area contributed by atoms with Crippen molar-refractivity contribution in [1.82, 2.24) is 4.57 Å². The van der Waals surface area contributed by atoms with Gasteiger partial charge in [0.25, 0.3) is 5.69 Å². The number of aryl methyl sites for hydroxylation is 1. The first-order valence-electron chi connectivity index (χ1n) is 6.61. The van der Waals surface area contributed by atoms with E-state index in [-0.39, 0.29) is 17.2 Å². The quantitative estimate of drug-likeness (QED) is 0.344. The van der Waals surface area contributed by atoms with Gasteiger partial charge in [-0.1, -0.05) is 28.1 Å². The second kappa shape index (κ2) is 6.74. The first kappa shape index (κ1) is 16.9. The third-order valence-corrected chi connectivity index (χ3v) is 3.72. The van der Waals surface area contributed by atoms with E-state index in [2.05, 4.69) is 15.9 Å². The molecule has 1 unspecified atom stereocenters. The summed E-state index contributed by atoms with van der Waals surface area (Å²) in [6, 6.07) is 7.76. The van der Waals surface area contributed by atoms with Crippen LogP contribution in [0.4, 0.5) is 5.69 Å². The van der Waals surface area contributed by atoms with Crippen LogP contribution in [0, 0.1) is 10.1 Å². The van der Waals surface area contributed by atoms with Crippen molar-refractivity contribution >= 4 is 33.4 Å². The number of ketones is 1. The van der Waals surface area contributed by atoms with E-state index in [9.17, 15) is 19.7 Å². The van der Waals surface area contributed by atoms with Gasteiger partial charge in [0.05, 0.1) is 11.1 Å². The van der Waals surface area contributed by atoms with E-state index >= 15 is 0 Å². The zero-order valence-electron chi connectivity index (χ0n) is 12.4. The first-order valence-corrected chi connectivity index (χ1v) is 7.40. The summed E-state index contributed by atoms with van der Waals surface area (Å²) >= 11 is 3.27. The van der Waals surface area contributed by atoms with E-state index in [1.807, 2.05) is 0 Å². The molecule has 23 heavy (non-hydrogen) atoms. The number of esters is 1. The molecule has 0 N–H and O–H groups in total. The number of carbonyl (C=O) groups excluding carboxylic acids is 2. The van der Waals surface area contributed by atoms with E-state index in [0.29, 0.717) is 5.56 Å². The Morgan fingerprint density at radius 1 is 1.30 bits per heavy atom. The van der Waals surface area contributed by atoms with E-state index < -0.39 is 17.0 Å². The largest absolute Gasteiger partial charge is 0.450 e. The van der Waals surface area contributed by atoms with Crippen molar-refractivity contribution in [3.8, 4) is 0 Å². The molecular weight excluding hydrogens is 368 g/mol. The monoisotopic (exact) mass is 380 g/mol. The van der Waals surface area contributed by atoms with Gasteiger partial charge in [0.15, 0.2) is 6.10 Å². The topological polar surface area (TPSA) is 91.4 Å². The molecule has 0 aliphatic rings. The Bertz CT molecular complexity index is 767. The maximum absolute atomic E-state index is 12.2. The minimum absolute atomic E-state index is 0.00663. The Morgan fingerprint density at radius 3 is 2.43 bits per heavy atom. The van der Waals surface area contributed by atoms with Gasteiger partial charge >= 0.3 is 5.97 Å². The van der Waals surface area contributed by atoms with Crippen molar-refractivity contribution in [2.75, 3.05) is 0 Å². The van der Waals surface area contributed by atoms with Crippen molar-refractivity contribution < 1.29 is 19.2 Å². The lowest BCUT2D eigenvalue weighted by atomic mass is 10.1. The maximum atomic E-state index is 12.2. The molecular formula is C15H13BrN2O5. The van der Waals surface area contributed by atoms with Gasteiger partial charge in [-0.05, 0) is 19.1 Å². The van der Waals surface area contributed by atoms with Gasteiger partial charge < -0.3 is 9.30 Å². The van der Waals surface area contributed by atoms with Gasteiger partial charge in [-0.3, -0.25) is 14.9 Å². The molecule has 1 heterocycles. The summed E-state index contributed by atoms with van der Waals surface area (Å²) in [4.78, 5) is 34.4. The molecule has 8 heteroatoms. The number of Topliss-reactive ketones (excluding diaryl/α,β-unsaturated/α-hetero) is 1. The maximum Gasteiger partial charge on any atom is 0.355 e. The minimum Gasteiger partial charge on any atom is -0.450 e. The molecule has 0 spiro atoms. The highest BCUT2D eigenvalue weighted by Crippen LogP contribution is 2.18. The highest BCUT2D eigenvalue weighted by Gasteiger charge is 2.24. The summed E-state index contributed by atoms with van der Waals surface area (Å²) < 4.78 is 7.23. The minimum atomic E-state index is -1.00. The molecule has 0 aliphatic carbocycles. The van der Waals surface area contributed by atoms with Crippen LogP contribution in [0.25, 0.3) is 0 Å². The molecule has 0 saturated heterocycles. The number of benzene rings is 1. The predicted molar refractivity (Wildman–Crippen MR) is 85.4 cm³/mol. The number of rotatable bonds is 5. The molecule has 0 amide bonds. The lowest BCUT2D eigenvalue weighted by Gasteiger charge is -2.12. The molecule has 2 aromatic rings. The predicted octanol–water partition coefficient (Wildman–Crippen LogP) is 3.12. The fourth-order valence-electron chi connectivity index (χ4n) is 1.97. The molecule has 0 fully saturated rings. The van der Waals surface area contributed by atoms with Gasteiger partial charge in [-0.15, -0.1) is 0 Å². The summed E-state index contributed by atoms with van der Waals surface area (Å²) in [5.41, 5.74) is 0.199. The number of halogens is 1. The van der Waals surface area contributed by atoms with Crippen LogP contribution in [0.2, 0.25) is 0 Å². The number of carbonyl (C=O) groups is 2. The van der Waals surface area contributed by atoms with Crippen molar-refractivity contribution in [2.45, 2.75) is 13.0 Å². The van der Waals surface area contributed by atoms with Crippen LogP contribution in [0.3, 0.4) is 0 Å². The molecule has 0 bridgehead atoms. The lowest BCUT2D eigenvalue weighted by Crippen LogP contribution is -2.25. The normalized spacial score (nSPS) is 11.8. The summed E-state index contributed by atoms with van der Waals surface area (Å²) in [5, 5.41) is 10.7. The van der Waals surface area contributed by atoms with Gasteiger partial charge in [0, 0.05) is 23.2 Å². The van der Waals surface area contributed by atoms with Crippen LogP contribution in [0.5, 0.6) is 0 Å². The summed E-state index contributed by atoms with van der Waals surface area (Å²) in [6.07, 6.45) is 0.204. The molecule has 0 radical (unpaired) electrons. The van der Waals surface area contributed by atoms with Crippen molar-refractivity contribution in [3.05, 3.63) is 62.4 Å². The molecule has 1 atom stereocenters. The Balaban J connectivity index is 2.11. The van der Waals surface area contributed by atoms with Crippen molar-refractivity contribution in [1.29, 1.82) is 0 Å². The van der Waals surface area contributed by atoms with E-state index in [1.165, 1.54) is 24.7 Å². The van der Waals surface area contributed by atoms with E-state index in [1.54, 1.807) is 24.3 Å². The highest BCUT2D eigenvalue weighted by molar-refractivity contribution is 9.10. The number of nitro groups is 1. The number of aromatic nitrogens is 1. The van der Waals surface area contributed by atoms with E-state index in [0.717, 1.165) is 10.5 Å². The van der Waals surface area contributed by atoms with Crippen LogP contribution in [0.1, 0.15) is 27.8 Å². The third-order valence-electron chi connectivity index (χ3n) is 3.19. The van der Waals surface area contributed by atoms with Crippen molar-refractivity contribution in [3.63, 3.8) is 0 Å². The average Bonchev–Trinajstić information content (AvgIpc) is 2.89. The molecule has 2 rings (SSSR count). The summed E-state index contributed by atoms with van der Waals surface area (Å²) in [7, 11) is 1.49. The smallest absolute Gasteiger partial charge is 0.355 e. The third kappa shape index (κ3) is 3.84. The van der Waals surface area contributed by atoms with Crippen LogP contribution in [-0.2, 0) is 11.8 Å².